The first kappa shape index (κ1) is 19.8. The average molecular weight is 432 g/mol. The number of phenols is 1. The van der Waals surface area contributed by atoms with Crippen molar-refractivity contribution in [1.82, 2.24) is 4.57 Å². The van der Waals surface area contributed by atoms with Gasteiger partial charge in [-0.2, -0.15) is 0 Å². The van der Waals surface area contributed by atoms with Crippen molar-refractivity contribution >= 4 is 46.0 Å². The van der Waals surface area contributed by atoms with Crippen LogP contribution in [-0.4, -0.2) is 27.7 Å². The molecular formula is C22H19Cl2NO4. The maximum atomic E-state index is 13.2. The van der Waals surface area contributed by atoms with Crippen LogP contribution in [0.15, 0.2) is 36.4 Å². The lowest BCUT2D eigenvalue weighted by Crippen LogP contribution is -2.26. The van der Waals surface area contributed by atoms with Crippen LogP contribution in [0.4, 0.5) is 0 Å². The molecule has 1 N–H and O–H groups in total. The molecule has 0 amide bonds. The van der Waals surface area contributed by atoms with Crippen molar-refractivity contribution in [1.29, 1.82) is 0 Å². The van der Waals surface area contributed by atoms with Crippen molar-refractivity contribution in [2.24, 2.45) is 0 Å². The summed E-state index contributed by atoms with van der Waals surface area (Å²) in [4.78, 5) is 25.7. The Morgan fingerprint density at radius 3 is 2.55 bits per heavy atom. The zero-order valence-corrected chi connectivity index (χ0v) is 17.3. The highest BCUT2D eigenvalue weighted by molar-refractivity contribution is 6.42. The SMILES string of the molecule is Cc1c(CC(=O)OC2CCC2)c2cc(O)ccc2n1C(=O)c1ccc(Cl)c(Cl)c1. The second-order valence-corrected chi connectivity index (χ2v) is 8.07. The summed E-state index contributed by atoms with van der Waals surface area (Å²) in [7, 11) is 0. The maximum absolute atomic E-state index is 13.2. The van der Waals surface area contributed by atoms with Gasteiger partial charge in [-0.25, -0.2) is 0 Å². The molecular weight excluding hydrogens is 413 g/mol. The zero-order valence-electron chi connectivity index (χ0n) is 15.7. The molecule has 1 saturated carbocycles. The number of hydrogen-bond acceptors (Lipinski definition) is 4. The lowest BCUT2D eigenvalue weighted by atomic mass is 9.96. The smallest absolute Gasteiger partial charge is 0.310 e. The van der Waals surface area contributed by atoms with Gasteiger partial charge in [-0.3, -0.25) is 14.2 Å². The number of benzene rings is 2. The molecule has 7 heteroatoms. The van der Waals surface area contributed by atoms with Gasteiger partial charge in [0.2, 0.25) is 0 Å². The van der Waals surface area contributed by atoms with E-state index < -0.39 is 0 Å². The molecule has 0 bridgehead atoms. The van der Waals surface area contributed by atoms with Crippen LogP contribution in [0.25, 0.3) is 10.9 Å². The Morgan fingerprint density at radius 1 is 1.14 bits per heavy atom. The summed E-state index contributed by atoms with van der Waals surface area (Å²) >= 11 is 12.0. The molecule has 1 aliphatic carbocycles. The average Bonchev–Trinajstić information content (AvgIpc) is 2.91. The van der Waals surface area contributed by atoms with Gasteiger partial charge in [-0.1, -0.05) is 23.2 Å². The van der Waals surface area contributed by atoms with E-state index in [2.05, 4.69) is 0 Å². The number of carbonyl (C=O) groups excluding carboxylic acids is 2. The van der Waals surface area contributed by atoms with E-state index in [1.165, 1.54) is 16.7 Å². The Labute approximate surface area is 177 Å². The van der Waals surface area contributed by atoms with Crippen molar-refractivity contribution in [3.05, 3.63) is 63.3 Å². The van der Waals surface area contributed by atoms with Gasteiger partial charge in [-0.15, -0.1) is 0 Å². The van der Waals surface area contributed by atoms with Gasteiger partial charge in [0, 0.05) is 16.6 Å². The maximum Gasteiger partial charge on any atom is 0.310 e. The number of fused-ring (bicyclic) bond motifs is 1. The molecule has 0 radical (unpaired) electrons. The second-order valence-electron chi connectivity index (χ2n) is 7.25. The Hall–Kier alpha value is -2.50. The molecule has 1 aromatic heterocycles. The molecule has 0 aliphatic heterocycles. The lowest BCUT2D eigenvalue weighted by molar-refractivity contribution is -0.152. The van der Waals surface area contributed by atoms with Crippen molar-refractivity contribution in [2.75, 3.05) is 0 Å². The topological polar surface area (TPSA) is 68.5 Å². The molecule has 1 aliphatic rings. The number of nitrogens with zero attached hydrogens (tertiary/aromatic N) is 1. The molecule has 0 unspecified atom stereocenters. The van der Waals surface area contributed by atoms with Crippen LogP contribution < -0.4 is 0 Å². The predicted octanol–water partition coefficient (Wildman–Crippen LogP) is 5.29. The number of aromatic nitrogens is 1. The first-order chi connectivity index (χ1) is 13.8. The second kappa shape index (κ2) is 7.73. The predicted molar refractivity (Wildman–Crippen MR) is 112 cm³/mol. The third-order valence-electron chi connectivity index (χ3n) is 5.36. The van der Waals surface area contributed by atoms with E-state index in [1.54, 1.807) is 31.2 Å². The highest BCUT2D eigenvalue weighted by Crippen LogP contribution is 2.32. The van der Waals surface area contributed by atoms with E-state index in [-0.39, 0.29) is 35.2 Å². The van der Waals surface area contributed by atoms with Crippen LogP contribution in [0.5, 0.6) is 5.75 Å². The van der Waals surface area contributed by atoms with Gasteiger partial charge in [0.15, 0.2) is 0 Å². The van der Waals surface area contributed by atoms with E-state index in [1.807, 2.05) is 0 Å². The number of ether oxygens (including phenoxy) is 1. The number of hydrogen-bond donors (Lipinski definition) is 1. The van der Waals surface area contributed by atoms with Crippen molar-refractivity contribution in [3.63, 3.8) is 0 Å². The molecule has 4 rings (SSSR count). The van der Waals surface area contributed by atoms with Crippen LogP contribution >= 0.6 is 23.2 Å². The van der Waals surface area contributed by atoms with Gasteiger partial charge in [0.1, 0.15) is 11.9 Å². The number of rotatable bonds is 4. The fraction of sp³-hybridized carbons (Fsp3) is 0.273. The minimum atomic E-state index is -0.331. The first-order valence-corrected chi connectivity index (χ1v) is 10.1. The van der Waals surface area contributed by atoms with E-state index >= 15 is 0 Å². The summed E-state index contributed by atoms with van der Waals surface area (Å²) in [6.07, 6.45) is 2.88. The number of esters is 1. The number of aromatic hydroxyl groups is 1. The molecule has 2 aromatic carbocycles. The number of halogens is 2. The van der Waals surface area contributed by atoms with Crippen LogP contribution in [0.1, 0.15) is 40.9 Å². The molecule has 150 valence electrons. The Bertz CT molecular complexity index is 1130. The fourth-order valence-corrected chi connectivity index (χ4v) is 3.87. The molecule has 0 spiro atoms. The first-order valence-electron chi connectivity index (χ1n) is 9.37. The van der Waals surface area contributed by atoms with E-state index in [0.29, 0.717) is 32.7 Å². The minimum absolute atomic E-state index is 0.0117. The highest BCUT2D eigenvalue weighted by atomic mass is 35.5. The Morgan fingerprint density at radius 2 is 1.90 bits per heavy atom. The summed E-state index contributed by atoms with van der Waals surface area (Å²) in [6.45, 7) is 1.78. The van der Waals surface area contributed by atoms with Crippen molar-refractivity contribution in [2.45, 2.75) is 38.7 Å². The van der Waals surface area contributed by atoms with Gasteiger partial charge >= 0.3 is 5.97 Å². The van der Waals surface area contributed by atoms with Crippen LogP contribution in [0.3, 0.4) is 0 Å². The Kier molecular flexibility index (Phi) is 5.28. The van der Waals surface area contributed by atoms with Gasteiger partial charge < -0.3 is 9.84 Å². The molecule has 1 fully saturated rings. The fourth-order valence-electron chi connectivity index (χ4n) is 3.57. The number of carbonyl (C=O) groups is 2. The van der Waals surface area contributed by atoms with Crippen LogP contribution in [-0.2, 0) is 16.0 Å². The molecule has 5 nitrogen and oxygen atoms in total. The van der Waals surface area contributed by atoms with Crippen LogP contribution in [0, 0.1) is 6.92 Å². The summed E-state index contributed by atoms with van der Waals surface area (Å²) in [5, 5.41) is 11.3. The van der Waals surface area contributed by atoms with Gasteiger partial charge in [0.25, 0.3) is 5.91 Å². The van der Waals surface area contributed by atoms with Gasteiger partial charge in [-0.05, 0) is 68.1 Å². The summed E-state index contributed by atoms with van der Waals surface area (Å²) in [5.41, 5.74) is 2.25. The van der Waals surface area contributed by atoms with E-state index in [9.17, 15) is 14.7 Å². The standard InChI is InChI=1S/C22H19Cl2NO4/c1-12-16(11-21(27)29-15-3-2-4-15)17-10-14(26)6-8-20(17)25(12)22(28)13-5-7-18(23)19(24)9-13/h5-10,15,26H,2-4,11H2,1H3. The largest absolute Gasteiger partial charge is 0.508 e. The van der Waals surface area contributed by atoms with E-state index in [0.717, 1.165) is 19.3 Å². The van der Waals surface area contributed by atoms with Crippen LogP contribution in [0.2, 0.25) is 10.0 Å². The number of phenolic OH excluding ortho intramolecular Hbond substituents is 1. The normalized spacial score (nSPS) is 14.0. The van der Waals surface area contributed by atoms with Crippen molar-refractivity contribution in [3.8, 4) is 5.75 Å². The molecule has 29 heavy (non-hydrogen) atoms. The molecule has 1 heterocycles. The zero-order chi connectivity index (χ0) is 20.7. The lowest BCUT2D eigenvalue weighted by Gasteiger charge is -2.25. The van der Waals surface area contributed by atoms with Crippen molar-refractivity contribution < 1.29 is 19.4 Å². The summed E-state index contributed by atoms with van der Waals surface area (Å²) in [6, 6.07) is 9.42. The Balaban J connectivity index is 1.77. The summed E-state index contributed by atoms with van der Waals surface area (Å²) < 4.78 is 7.01. The van der Waals surface area contributed by atoms with E-state index in [4.69, 9.17) is 27.9 Å². The minimum Gasteiger partial charge on any atom is -0.508 e. The van der Waals surface area contributed by atoms with Gasteiger partial charge in [0.05, 0.1) is 22.0 Å². The molecule has 0 saturated heterocycles. The monoisotopic (exact) mass is 431 g/mol. The third-order valence-corrected chi connectivity index (χ3v) is 6.10. The molecule has 3 aromatic rings. The molecule has 0 atom stereocenters. The third kappa shape index (κ3) is 3.72. The highest BCUT2D eigenvalue weighted by Gasteiger charge is 2.25. The summed E-state index contributed by atoms with van der Waals surface area (Å²) in [5.74, 6) is -0.567. The quantitative estimate of drug-likeness (QED) is 0.569.